The van der Waals surface area contributed by atoms with Gasteiger partial charge in [0.25, 0.3) is 5.84 Å². The summed E-state index contributed by atoms with van der Waals surface area (Å²) in [7, 11) is 0. The molecule has 1 aliphatic carbocycles. The molecule has 0 saturated carbocycles. The molecule has 0 aliphatic heterocycles. The molecular formula is C21H22F3N4O+. The summed E-state index contributed by atoms with van der Waals surface area (Å²) in [5.41, 5.74) is 8.54. The van der Waals surface area contributed by atoms with Gasteiger partial charge in [0.15, 0.2) is 0 Å². The largest absolute Gasteiger partial charge is 0.416 e. The number of alkyl halides is 3. The van der Waals surface area contributed by atoms with E-state index in [0.29, 0.717) is 11.3 Å². The van der Waals surface area contributed by atoms with E-state index in [1.807, 2.05) is 6.07 Å². The SMILES string of the molecule is Nc1cc2c(cc1C(=O)NC(=[NH2+])/C=C\Nc1cccc(C(F)(F)F)c1)CCCC2. The van der Waals surface area contributed by atoms with Crippen LogP contribution in [0.4, 0.5) is 24.5 Å². The number of hydrogen-bond donors (Lipinski definition) is 4. The summed E-state index contributed by atoms with van der Waals surface area (Å²) in [4.78, 5) is 12.5. The predicted molar refractivity (Wildman–Crippen MR) is 106 cm³/mol. The van der Waals surface area contributed by atoms with E-state index in [2.05, 4.69) is 10.6 Å². The van der Waals surface area contributed by atoms with Crippen LogP contribution in [0.3, 0.4) is 0 Å². The van der Waals surface area contributed by atoms with Crippen molar-refractivity contribution in [3.63, 3.8) is 0 Å². The molecule has 2 aromatic rings. The number of carbonyl (C=O) groups excluding carboxylic acids is 1. The minimum Gasteiger partial charge on any atom is -0.398 e. The number of nitrogen functional groups attached to an aromatic ring is 1. The highest BCUT2D eigenvalue weighted by molar-refractivity contribution is 6.10. The predicted octanol–water partition coefficient (Wildman–Crippen LogP) is 2.68. The first kappa shape index (κ1) is 20.4. The first-order chi connectivity index (χ1) is 13.7. The zero-order valence-corrected chi connectivity index (χ0v) is 15.6. The lowest BCUT2D eigenvalue weighted by molar-refractivity contribution is -0.137. The quantitative estimate of drug-likeness (QED) is 0.359. The molecule has 0 heterocycles. The van der Waals surface area contributed by atoms with Crippen LogP contribution in [0.15, 0.2) is 48.7 Å². The molecule has 0 radical (unpaired) electrons. The van der Waals surface area contributed by atoms with E-state index >= 15 is 0 Å². The minimum atomic E-state index is -4.42. The molecule has 1 amide bonds. The van der Waals surface area contributed by atoms with E-state index in [9.17, 15) is 18.0 Å². The van der Waals surface area contributed by atoms with Crippen LogP contribution in [0.5, 0.6) is 0 Å². The monoisotopic (exact) mass is 403 g/mol. The fourth-order valence-electron chi connectivity index (χ4n) is 3.25. The van der Waals surface area contributed by atoms with Crippen LogP contribution in [0, 0.1) is 0 Å². The first-order valence-corrected chi connectivity index (χ1v) is 9.19. The molecule has 29 heavy (non-hydrogen) atoms. The molecule has 0 unspecified atom stereocenters. The van der Waals surface area contributed by atoms with E-state index in [0.717, 1.165) is 43.4 Å². The molecule has 8 heteroatoms. The third-order valence-electron chi connectivity index (χ3n) is 4.72. The van der Waals surface area contributed by atoms with Crippen molar-refractivity contribution in [3.05, 3.63) is 70.9 Å². The van der Waals surface area contributed by atoms with Gasteiger partial charge in [-0.25, -0.2) is 10.1 Å². The van der Waals surface area contributed by atoms with Gasteiger partial charge in [0.05, 0.1) is 11.1 Å². The third kappa shape index (κ3) is 5.16. The van der Waals surface area contributed by atoms with Crippen LogP contribution in [-0.4, -0.2) is 11.7 Å². The number of fused-ring (bicyclic) bond motifs is 1. The number of amides is 1. The van der Waals surface area contributed by atoms with Gasteiger partial charge in [-0.1, -0.05) is 6.07 Å². The maximum absolute atomic E-state index is 12.7. The number of nitrogens with one attached hydrogen (secondary N) is 2. The minimum absolute atomic E-state index is 0.0339. The van der Waals surface area contributed by atoms with Gasteiger partial charge in [0, 0.05) is 23.7 Å². The number of anilines is 2. The van der Waals surface area contributed by atoms with Crippen molar-refractivity contribution >= 4 is 23.1 Å². The second-order valence-corrected chi connectivity index (χ2v) is 6.88. The Morgan fingerprint density at radius 2 is 1.79 bits per heavy atom. The lowest BCUT2D eigenvalue weighted by Gasteiger charge is -2.17. The van der Waals surface area contributed by atoms with Gasteiger partial charge in [-0.05, 0) is 67.1 Å². The van der Waals surface area contributed by atoms with E-state index in [-0.39, 0.29) is 11.5 Å². The van der Waals surface area contributed by atoms with Gasteiger partial charge < -0.3 is 11.1 Å². The fourth-order valence-corrected chi connectivity index (χ4v) is 3.25. The molecule has 0 bridgehead atoms. The number of halogens is 3. The van der Waals surface area contributed by atoms with Crippen LogP contribution >= 0.6 is 0 Å². The Hall–Kier alpha value is -3.29. The smallest absolute Gasteiger partial charge is 0.398 e. The Morgan fingerprint density at radius 3 is 2.48 bits per heavy atom. The van der Waals surface area contributed by atoms with Crippen molar-refractivity contribution in [1.29, 1.82) is 0 Å². The third-order valence-corrected chi connectivity index (χ3v) is 4.72. The van der Waals surface area contributed by atoms with Crippen molar-refractivity contribution in [2.75, 3.05) is 11.1 Å². The summed E-state index contributed by atoms with van der Waals surface area (Å²) in [5, 5.41) is 11.0. The number of aryl methyl sites for hydroxylation is 2. The van der Waals surface area contributed by atoms with E-state index in [1.54, 1.807) is 6.07 Å². The summed E-state index contributed by atoms with van der Waals surface area (Å²) < 4.78 is 38.2. The fraction of sp³-hybridized carbons (Fsp3) is 0.238. The molecule has 0 saturated heterocycles. The summed E-state index contributed by atoms with van der Waals surface area (Å²) in [6, 6.07) is 8.39. The summed E-state index contributed by atoms with van der Waals surface area (Å²) in [5.74, 6) is -0.399. The van der Waals surface area contributed by atoms with Crippen molar-refractivity contribution in [2.45, 2.75) is 31.9 Å². The number of nitrogens with two attached hydrogens (primary N) is 2. The van der Waals surface area contributed by atoms with Gasteiger partial charge in [-0.15, -0.1) is 0 Å². The maximum Gasteiger partial charge on any atom is 0.416 e. The van der Waals surface area contributed by atoms with Crippen molar-refractivity contribution < 1.29 is 23.4 Å². The molecule has 152 valence electrons. The highest BCUT2D eigenvalue weighted by atomic mass is 19.4. The van der Waals surface area contributed by atoms with Gasteiger partial charge in [0.1, 0.15) is 0 Å². The van der Waals surface area contributed by atoms with Crippen LogP contribution < -0.4 is 21.8 Å². The Labute approximate surface area is 166 Å². The van der Waals surface area contributed by atoms with Gasteiger partial charge in [0.2, 0.25) is 0 Å². The number of rotatable bonds is 4. The number of amidine groups is 1. The van der Waals surface area contributed by atoms with Crippen LogP contribution in [0.25, 0.3) is 0 Å². The molecule has 0 atom stereocenters. The van der Waals surface area contributed by atoms with Crippen molar-refractivity contribution in [3.8, 4) is 0 Å². The first-order valence-electron chi connectivity index (χ1n) is 9.19. The average Bonchev–Trinajstić information content (AvgIpc) is 2.67. The zero-order chi connectivity index (χ0) is 21.0. The number of carbonyl (C=O) groups is 1. The Kier molecular flexibility index (Phi) is 5.91. The molecule has 5 nitrogen and oxygen atoms in total. The molecule has 2 aromatic carbocycles. The summed E-state index contributed by atoms with van der Waals surface area (Å²) in [6.07, 6.45) is 2.34. The topological polar surface area (TPSA) is 92.7 Å². The number of benzene rings is 2. The van der Waals surface area contributed by atoms with Gasteiger partial charge in [-0.2, -0.15) is 13.2 Å². The Morgan fingerprint density at radius 1 is 1.10 bits per heavy atom. The molecular weight excluding hydrogens is 381 g/mol. The standard InChI is InChI=1S/C21H21F3N4O/c22-21(23,24)15-6-3-7-16(12-15)27-9-8-19(26)28-20(29)17-10-13-4-1-2-5-14(13)11-18(17)25/h3,6-12,27H,1-2,4-5,25H2,(H2,26,28,29)/p+1/b9-8-. The molecule has 6 N–H and O–H groups in total. The molecule has 0 spiro atoms. The molecule has 3 rings (SSSR count). The van der Waals surface area contributed by atoms with Crippen molar-refractivity contribution in [1.82, 2.24) is 5.32 Å². The Balaban J connectivity index is 1.61. The molecule has 0 fully saturated rings. The lowest BCUT2D eigenvalue weighted by Crippen LogP contribution is -2.49. The summed E-state index contributed by atoms with van der Waals surface area (Å²) in [6.45, 7) is 0. The van der Waals surface area contributed by atoms with Gasteiger partial charge >= 0.3 is 12.1 Å². The van der Waals surface area contributed by atoms with E-state index in [1.165, 1.54) is 30.0 Å². The average molecular weight is 403 g/mol. The van der Waals surface area contributed by atoms with Crippen molar-refractivity contribution in [2.24, 2.45) is 0 Å². The van der Waals surface area contributed by atoms with E-state index in [4.69, 9.17) is 11.1 Å². The molecule has 0 aromatic heterocycles. The summed E-state index contributed by atoms with van der Waals surface area (Å²) >= 11 is 0. The zero-order valence-electron chi connectivity index (χ0n) is 15.6. The van der Waals surface area contributed by atoms with Gasteiger partial charge in [-0.3, -0.25) is 5.41 Å². The number of hydrogen-bond acceptors (Lipinski definition) is 3. The van der Waals surface area contributed by atoms with Crippen LogP contribution in [-0.2, 0) is 19.0 Å². The van der Waals surface area contributed by atoms with Crippen LogP contribution in [0.2, 0.25) is 0 Å². The highest BCUT2D eigenvalue weighted by Gasteiger charge is 2.30. The Bertz CT molecular complexity index is 967. The maximum atomic E-state index is 12.7. The highest BCUT2D eigenvalue weighted by Crippen LogP contribution is 2.30. The van der Waals surface area contributed by atoms with Crippen LogP contribution in [0.1, 0.15) is 39.9 Å². The second-order valence-electron chi connectivity index (χ2n) is 6.88. The lowest BCUT2D eigenvalue weighted by atomic mass is 9.89. The normalized spacial score (nSPS) is 13.8. The molecule has 1 aliphatic rings. The second kappa shape index (κ2) is 8.38. The van der Waals surface area contributed by atoms with E-state index < -0.39 is 17.6 Å².